The SMILES string of the molecule is CCOc1cc(C(=O)N(C)C2CCN(C(C)C)CC2)c([N+](=O)[O-])cc1OC. The lowest BCUT2D eigenvalue weighted by Crippen LogP contribution is -2.47. The number of ether oxygens (including phenoxy) is 2. The van der Waals surface area contributed by atoms with Gasteiger partial charge in [-0.1, -0.05) is 0 Å². The molecule has 1 fully saturated rings. The second kappa shape index (κ2) is 9.03. The number of benzene rings is 1. The van der Waals surface area contributed by atoms with Crippen LogP contribution in [0.3, 0.4) is 0 Å². The van der Waals surface area contributed by atoms with Gasteiger partial charge in [-0.25, -0.2) is 0 Å². The van der Waals surface area contributed by atoms with Crippen molar-refractivity contribution in [1.82, 2.24) is 9.80 Å². The van der Waals surface area contributed by atoms with Crippen LogP contribution < -0.4 is 9.47 Å². The first-order chi connectivity index (χ1) is 12.8. The number of methoxy groups -OCH3 is 1. The molecule has 0 unspecified atom stereocenters. The molecule has 150 valence electrons. The summed E-state index contributed by atoms with van der Waals surface area (Å²) in [5.41, 5.74) is -0.246. The molecule has 0 saturated carbocycles. The van der Waals surface area contributed by atoms with Crippen molar-refractivity contribution in [3.05, 3.63) is 27.8 Å². The zero-order valence-electron chi connectivity index (χ0n) is 16.7. The first-order valence-electron chi connectivity index (χ1n) is 9.30. The van der Waals surface area contributed by atoms with Gasteiger partial charge >= 0.3 is 0 Å². The van der Waals surface area contributed by atoms with Crippen LogP contribution in [0.5, 0.6) is 11.5 Å². The highest BCUT2D eigenvalue weighted by molar-refractivity contribution is 5.99. The minimum Gasteiger partial charge on any atom is -0.493 e. The van der Waals surface area contributed by atoms with E-state index >= 15 is 0 Å². The predicted molar refractivity (Wildman–Crippen MR) is 103 cm³/mol. The Morgan fingerprint density at radius 1 is 1.33 bits per heavy atom. The molecule has 1 aromatic rings. The van der Waals surface area contributed by atoms with Crippen LogP contribution in [0.2, 0.25) is 0 Å². The third-order valence-electron chi connectivity index (χ3n) is 5.11. The molecule has 0 spiro atoms. The van der Waals surface area contributed by atoms with Gasteiger partial charge in [0, 0.05) is 38.3 Å². The Bertz CT molecular complexity index is 684. The number of nitro groups is 1. The lowest BCUT2D eigenvalue weighted by Gasteiger charge is -2.38. The van der Waals surface area contributed by atoms with Crippen molar-refractivity contribution in [3.8, 4) is 11.5 Å². The third-order valence-corrected chi connectivity index (χ3v) is 5.11. The average molecular weight is 379 g/mol. The fourth-order valence-electron chi connectivity index (χ4n) is 3.44. The number of hydrogen-bond acceptors (Lipinski definition) is 6. The molecule has 1 aromatic carbocycles. The fraction of sp³-hybridized carbons (Fsp3) is 0.632. The summed E-state index contributed by atoms with van der Waals surface area (Å²) >= 11 is 0. The lowest BCUT2D eigenvalue weighted by atomic mass is 10.0. The van der Waals surface area contributed by atoms with E-state index in [-0.39, 0.29) is 28.9 Å². The monoisotopic (exact) mass is 379 g/mol. The maximum atomic E-state index is 13.1. The summed E-state index contributed by atoms with van der Waals surface area (Å²) in [5.74, 6) is 0.207. The van der Waals surface area contributed by atoms with Gasteiger partial charge in [0.1, 0.15) is 5.56 Å². The molecule has 8 nitrogen and oxygen atoms in total. The van der Waals surface area contributed by atoms with Crippen molar-refractivity contribution in [2.75, 3.05) is 33.9 Å². The molecule has 0 N–H and O–H groups in total. The number of carbonyl (C=O) groups excluding carboxylic acids is 1. The Labute approximate surface area is 160 Å². The van der Waals surface area contributed by atoms with Crippen molar-refractivity contribution in [1.29, 1.82) is 0 Å². The molecule has 0 aliphatic carbocycles. The van der Waals surface area contributed by atoms with Crippen molar-refractivity contribution in [3.63, 3.8) is 0 Å². The van der Waals surface area contributed by atoms with Gasteiger partial charge < -0.3 is 19.3 Å². The van der Waals surface area contributed by atoms with Crippen LogP contribution in [-0.2, 0) is 0 Å². The normalized spacial score (nSPS) is 15.6. The van der Waals surface area contributed by atoms with E-state index < -0.39 is 4.92 Å². The minimum atomic E-state index is -0.555. The quantitative estimate of drug-likeness (QED) is 0.535. The Kier molecular flexibility index (Phi) is 7.01. The van der Waals surface area contributed by atoms with Gasteiger partial charge in [0.25, 0.3) is 11.6 Å². The zero-order chi connectivity index (χ0) is 20.1. The minimum absolute atomic E-state index is 0.0260. The van der Waals surface area contributed by atoms with Crippen molar-refractivity contribution in [2.24, 2.45) is 0 Å². The molecular weight excluding hydrogens is 350 g/mol. The van der Waals surface area contributed by atoms with Crippen LogP contribution in [0.1, 0.15) is 44.0 Å². The number of piperidine rings is 1. The van der Waals surface area contributed by atoms with Crippen molar-refractivity contribution < 1.29 is 19.2 Å². The first-order valence-corrected chi connectivity index (χ1v) is 9.30. The molecule has 1 saturated heterocycles. The standard InChI is InChI=1S/C19H29N3O5/c1-6-27-18-11-15(16(22(24)25)12-17(18)26-5)19(23)20(4)14-7-9-21(10-8-14)13(2)3/h11-14H,6-10H2,1-5H3. The Morgan fingerprint density at radius 3 is 2.44 bits per heavy atom. The largest absolute Gasteiger partial charge is 0.493 e. The molecule has 27 heavy (non-hydrogen) atoms. The summed E-state index contributed by atoms with van der Waals surface area (Å²) in [6, 6.07) is 3.21. The van der Waals surface area contributed by atoms with E-state index in [1.165, 1.54) is 19.2 Å². The molecule has 1 amide bonds. The maximum absolute atomic E-state index is 13.1. The number of nitro benzene ring substituents is 1. The molecule has 0 atom stereocenters. The van der Waals surface area contributed by atoms with Crippen molar-refractivity contribution in [2.45, 2.75) is 45.7 Å². The van der Waals surface area contributed by atoms with Crippen LogP contribution in [0, 0.1) is 10.1 Å². The van der Waals surface area contributed by atoms with Gasteiger partial charge in [0.2, 0.25) is 0 Å². The van der Waals surface area contributed by atoms with Gasteiger partial charge in [0.15, 0.2) is 11.5 Å². The Morgan fingerprint density at radius 2 is 1.96 bits per heavy atom. The van der Waals surface area contributed by atoms with E-state index in [1.54, 1.807) is 18.9 Å². The summed E-state index contributed by atoms with van der Waals surface area (Å²) in [6.45, 7) is 8.31. The smallest absolute Gasteiger partial charge is 0.286 e. The molecule has 8 heteroatoms. The van der Waals surface area contributed by atoms with Gasteiger partial charge in [-0.3, -0.25) is 14.9 Å². The maximum Gasteiger partial charge on any atom is 0.286 e. The number of likely N-dealkylation sites (tertiary alicyclic amines) is 1. The molecule has 0 aromatic heterocycles. The van der Waals surface area contributed by atoms with E-state index in [1.807, 2.05) is 0 Å². The Hall–Kier alpha value is -2.35. The Balaban J connectivity index is 2.28. The summed E-state index contributed by atoms with van der Waals surface area (Å²) in [4.78, 5) is 28.0. The van der Waals surface area contributed by atoms with E-state index in [4.69, 9.17) is 9.47 Å². The summed E-state index contributed by atoms with van der Waals surface area (Å²) in [6.07, 6.45) is 1.70. The highest BCUT2D eigenvalue weighted by Crippen LogP contribution is 2.35. The van der Waals surface area contributed by atoms with Crippen LogP contribution >= 0.6 is 0 Å². The molecule has 2 rings (SSSR count). The van der Waals surface area contributed by atoms with Gasteiger partial charge in [-0.05, 0) is 33.6 Å². The van der Waals surface area contributed by atoms with E-state index in [0.29, 0.717) is 18.4 Å². The number of carbonyl (C=O) groups is 1. The molecule has 0 bridgehead atoms. The number of nitrogens with zero attached hydrogens (tertiary/aromatic N) is 3. The van der Waals surface area contributed by atoms with Crippen LogP contribution in [0.25, 0.3) is 0 Å². The molecule has 1 aliphatic heterocycles. The van der Waals surface area contributed by atoms with Gasteiger partial charge in [-0.2, -0.15) is 0 Å². The summed E-state index contributed by atoms with van der Waals surface area (Å²) in [5, 5.41) is 11.5. The fourth-order valence-corrected chi connectivity index (χ4v) is 3.44. The second-order valence-electron chi connectivity index (χ2n) is 6.99. The highest BCUT2D eigenvalue weighted by Gasteiger charge is 2.31. The summed E-state index contributed by atoms with van der Waals surface area (Å²) in [7, 11) is 3.13. The lowest BCUT2D eigenvalue weighted by molar-refractivity contribution is -0.385. The number of amides is 1. The van der Waals surface area contributed by atoms with Crippen LogP contribution in [0.15, 0.2) is 12.1 Å². The number of hydrogen-bond donors (Lipinski definition) is 0. The topological polar surface area (TPSA) is 85.2 Å². The third kappa shape index (κ3) is 4.68. The highest BCUT2D eigenvalue weighted by atomic mass is 16.6. The van der Waals surface area contributed by atoms with Crippen LogP contribution in [-0.4, -0.2) is 66.6 Å². The zero-order valence-corrected chi connectivity index (χ0v) is 16.7. The molecule has 1 aliphatic rings. The van der Waals surface area contributed by atoms with E-state index in [9.17, 15) is 14.9 Å². The first kappa shape index (κ1) is 21.0. The van der Waals surface area contributed by atoms with E-state index in [2.05, 4.69) is 18.7 Å². The van der Waals surface area contributed by atoms with Crippen molar-refractivity contribution >= 4 is 11.6 Å². The van der Waals surface area contributed by atoms with Crippen LogP contribution in [0.4, 0.5) is 5.69 Å². The van der Waals surface area contributed by atoms with E-state index in [0.717, 1.165) is 25.9 Å². The number of rotatable bonds is 7. The van der Waals surface area contributed by atoms with Gasteiger partial charge in [-0.15, -0.1) is 0 Å². The molecular formula is C19H29N3O5. The molecule has 0 radical (unpaired) electrons. The van der Waals surface area contributed by atoms with Gasteiger partial charge in [0.05, 0.1) is 24.7 Å². The summed E-state index contributed by atoms with van der Waals surface area (Å²) < 4.78 is 10.7. The predicted octanol–water partition coefficient (Wildman–Crippen LogP) is 2.95. The average Bonchev–Trinajstić information content (AvgIpc) is 2.66. The second-order valence-corrected chi connectivity index (χ2v) is 6.99. The molecule has 1 heterocycles.